The van der Waals surface area contributed by atoms with Crippen molar-refractivity contribution in [3.8, 4) is 0 Å². The molecule has 2 saturated heterocycles. The van der Waals surface area contributed by atoms with Crippen molar-refractivity contribution in [1.82, 2.24) is 4.90 Å². The zero-order valence-corrected chi connectivity index (χ0v) is 29.9. The number of nitrogens with zero attached hydrogens (tertiary/aromatic N) is 1. The molecule has 8 rings (SSSR count). The Kier molecular flexibility index (Phi) is 7.81. The summed E-state index contributed by atoms with van der Waals surface area (Å²) < 4.78 is 24.7. The first-order valence-electron chi connectivity index (χ1n) is 19.3. The Labute approximate surface area is 282 Å². The van der Waals surface area contributed by atoms with E-state index in [4.69, 9.17) is 18.9 Å². The number of morpholine rings is 1. The van der Waals surface area contributed by atoms with Crippen LogP contribution in [0.1, 0.15) is 118 Å². The SMILES string of the molecule is COC(=O)CCC1C[C@@H](C)C2C(O1)[C@H](O)[C@@]1(C)C3CC[C@H]4C(C)(C)C(OC5CN(C(=O)CC6CC6)CCO5)CCC45CC35CCC21C. The van der Waals surface area contributed by atoms with Gasteiger partial charge in [0.1, 0.15) is 0 Å². The Morgan fingerprint density at radius 3 is 2.47 bits per heavy atom. The quantitative estimate of drug-likeness (QED) is 0.330. The molecule has 6 saturated carbocycles. The number of ether oxygens (including phenoxy) is 4. The van der Waals surface area contributed by atoms with Crippen molar-refractivity contribution in [2.24, 2.45) is 56.7 Å². The van der Waals surface area contributed by atoms with Gasteiger partial charge in [-0.2, -0.15) is 0 Å². The first-order valence-corrected chi connectivity index (χ1v) is 19.3. The molecule has 8 aliphatic rings. The normalized spacial score (nSPS) is 51.1. The second-order valence-electron chi connectivity index (χ2n) is 18.7. The summed E-state index contributed by atoms with van der Waals surface area (Å²) >= 11 is 0. The molecule has 2 aliphatic heterocycles. The fraction of sp³-hybridized carbons (Fsp3) is 0.949. The van der Waals surface area contributed by atoms with Crippen LogP contribution in [-0.2, 0) is 28.5 Å². The summed E-state index contributed by atoms with van der Waals surface area (Å²) in [6.07, 6.45) is 12.5. The molecule has 2 heterocycles. The minimum absolute atomic E-state index is 0.00284. The predicted molar refractivity (Wildman–Crippen MR) is 176 cm³/mol. The molecule has 1 N–H and O–H groups in total. The molecule has 0 bridgehead atoms. The molecule has 0 aromatic heterocycles. The van der Waals surface area contributed by atoms with E-state index in [0.717, 1.165) is 25.7 Å². The number of carbonyl (C=O) groups excluding carboxylic acids is 2. The van der Waals surface area contributed by atoms with E-state index < -0.39 is 6.10 Å². The number of amides is 1. The van der Waals surface area contributed by atoms with Crippen LogP contribution in [0, 0.1) is 56.7 Å². The summed E-state index contributed by atoms with van der Waals surface area (Å²) in [6, 6.07) is 0. The maximum absolute atomic E-state index is 12.9. The van der Waals surface area contributed by atoms with Crippen LogP contribution in [0.25, 0.3) is 0 Å². The van der Waals surface area contributed by atoms with Gasteiger partial charge in [-0.05, 0) is 122 Å². The maximum Gasteiger partial charge on any atom is 0.305 e. The summed E-state index contributed by atoms with van der Waals surface area (Å²) in [7, 11) is 1.45. The second-order valence-corrected chi connectivity index (χ2v) is 18.7. The summed E-state index contributed by atoms with van der Waals surface area (Å²) in [6.45, 7) is 14.0. The topological polar surface area (TPSA) is 94.5 Å². The third-order valence-corrected chi connectivity index (χ3v) is 16.6. The minimum atomic E-state index is -0.487. The van der Waals surface area contributed by atoms with Gasteiger partial charge in [0.2, 0.25) is 5.91 Å². The van der Waals surface area contributed by atoms with Crippen LogP contribution in [0.4, 0.5) is 0 Å². The Hall–Kier alpha value is -1.22. The van der Waals surface area contributed by atoms with Gasteiger partial charge in [0.05, 0.1) is 44.7 Å². The van der Waals surface area contributed by atoms with Crippen LogP contribution in [0.15, 0.2) is 0 Å². The van der Waals surface area contributed by atoms with E-state index in [2.05, 4.69) is 34.6 Å². The van der Waals surface area contributed by atoms with Gasteiger partial charge in [0, 0.05) is 24.8 Å². The number of carbonyl (C=O) groups is 2. The lowest BCUT2D eigenvalue weighted by Crippen LogP contribution is -2.60. The van der Waals surface area contributed by atoms with Crippen molar-refractivity contribution >= 4 is 11.9 Å². The van der Waals surface area contributed by atoms with E-state index in [9.17, 15) is 14.7 Å². The summed E-state index contributed by atoms with van der Waals surface area (Å²) in [5, 5.41) is 12.4. The highest BCUT2D eigenvalue weighted by molar-refractivity contribution is 5.76. The molecule has 0 radical (unpaired) electrons. The monoisotopic (exact) mass is 655 g/mol. The second kappa shape index (κ2) is 11.1. The number of hydrogen-bond donors (Lipinski definition) is 1. The Morgan fingerprint density at radius 2 is 1.72 bits per heavy atom. The molecule has 8 heteroatoms. The van der Waals surface area contributed by atoms with Crippen molar-refractivity contribution < 1.29 is 33.6 Å². The highest BCUT2D eigenvalue weighted by atomic mass is 16.7. The van der Waals surface area contributed by atoms with E-state index >= 15 is 0 Å². The third kappa shape index (κ3) is 4.65. The van der Waals surface area contributed by atoms with Crippen molar-refractivity contribution in [2.75, 3.05) is 26.8 Å². The Balaban J connectivity index is 0.987. The summed E-state index contributed by atoms with van der Waals surface area (Å²) in [5.74, 6) is 2.56. The zero-order chi connectivity index (χ0) is 33.1. The van der Waals surface area contributed by atoms with E-state index in [0.29, 0.717) is 79.4 Å². The first-order chi connectivity index (χ1) is 22.3. The standard InChI is InChI=1S/C39H61NO7/c1-23-19-25(9-12-30(42)44-6)46-33-32(23)36(4)15-16-39-22-38(39)14-13-28(35(2,3)26(38)10-11-27(39)37(36,5)34(33)43)47-31-21-40(17-18-45-31)29(41)20-24-7-8-24/h23-28,31-34,43H,7-22H2,1-6H3/t23-,25?,26+,27?,28?,31?,32?,33?,34+,36?,37-,38?,39?/m1/s1. The highest BCUT2D eigenvalue weighted by Crippen LogP contribution is 2.89. The summed E-state index contributed by atoms with van der Waals surface area (Å²) in [4.78, 5) is 26.8. The molecule has 0 aromatic rings. The van der Waals surface area contributed by atoms with Gasteiger partial charge < -0.3 is 29.0 Å². The van der Waals surface area contributed by atoms with Crippen molar-refractivity contribution in [2.45, 2.75) is 149 Å². The number of hydrogen-bond acceptors (Lipinski definition) is 7. The van der Waals surface area contributed by atoms with Gasteiger partial charge in [0.15, 0.2) is 6.29 Å². The van der Waals surface area contributed by atoms with Gasteiger partial charge in [-0.25, -0.2) is 0 Å². The van der Waals surface area contributed by atoms with E-state index in [1.165, 1.54) is 45.6 Å². The number of rotatable bonds is 7. The molecule has 9 unspecified atom stereocenters. The molecular formula is C39H61NO7. The van der Waals surface area contributed by atoms with Gasteiger partial charge in [-0.1, -0.05) is 34.6 Å². The lowest BCUT2D eigenvalue weighted by atomic mass is 9.41. The van der Waals surface area contributed by atoms with Crippen LogP contribution in [0.5, 0.6) is 0 Å². The van der Waals surface area contributed by atoms with Crippen LogP contribution in [0.2, 0.25) is 0 Å². The van der Waals surface area contributed by atoms with Crippen molar-refractivity contribution in [3.63, 3.8) is 0 Å². The molecule has 47 heavy (non-hydrogen) atoms. The van der Waals surface area contributed by atoms with Crippen LogP contribution in [0.3, 0.4) is 0 Å². The molecule has 8 nitrogen and oxygen atoms in total. The van der Waals surface area contributed by atoms with Gasteiger partial charge in [-0.15, -0.1) is 0 Å². The predicted octanol–water partition coefficient (Wildman–Crippen LogP) is 6.12. The minimum Gasteiger partial charge on any atom is -0.469 e. The Bertz CT molecular complexity index is 1270. The first kappa shape index (κ1) is 33.0. The number of aliphatic hydroxyl groups excluding tert-OH is 1. The zero-order valence-electron chi connectivity index (χ0n) is 29.9. The largest absolute Gasteiger partial charge is 0.469 e. The molecule has 13 atom stereocenters. The Morgan fingerprint density at radius 1 is 0.979 bits per heavy atom. The number of fused-ring (bicyclic) bond motifs is 4. The van der Waals surface area contributed by atoms with E-state index in [-0.39, 0.29) is 52.7 Å². The number of esters is 1. The maximum atomic E-state index is 12.9. The van der Waals surface area contributed by atoms with E-state index in [1.54, 1.807) is 0 Å². The molecule has 2 spiro atoms. The molecule has 8 fully saturated rings. The summed E-state index contributed by atoms with van der Waals surface area (Å²) in [5.41, 5.74) is 0.483. The van der Waals surface area contributed by atoms with Gasteiger partial charge in [-0.3, -0.25) is 9.59 Å². The number of methoxy groups -OCH3 is 1. The number of aliphatic hydroxyl groups is 1. The van der Waals surface area contributed by atoms with Crippen LogP contribution < -0.4 is 0 Å². The third-order valence-electron chi connectivity index (χ3n) is 16.6. The van der Waals surface area contributed by atoms with E-state index in [1.807, 2.05) is 4.90 Å². The fourth-order valence-corrected chi connectivity index (χ4v) is 14.0. The molecule has 264 valence electrons. The highest BCUT2D eigenvalue weighted by Gasteiger charge is 2.84. The van der Waals surface area contributed by atoms with Gasteiger partial charge in [0.25, 0.3) is 0 Å². The lowest BCUT2D eigenvalue weighted by Gasteiger charge is -2.64. The smallest absolute Gasteiger partial charge is 0.305 e. The van der Waals surface area contributed by atoms with Gasteiger partial charge >= 0.3 is 5.97 Å². The fourth-order valence-electron chi connectivity index (χ4n) is 14.0. The average Bonchev–Trinajstić information content (AvgIpc) is 3.96. The van der Waals surface area contributed by atoms with Crippen LogP contribution >= 0.6 is 0 Å². The lowest BCUT2D eigenvalue weighted by molar-refractivity contribution is -0.248. The van der Waals surface area contributed by atoms with Crippen LogP contribution in [-0.4, -0.2) is 79.4 Å². The molecule has 6 aliphatic carbocycles. The van der Waals surface area contributed by atoms with Crippen molar-refractivity contribution in [1.29, 1.82) is 0 Å². The molecular weight excluding hydrogens is 594 g/mol. The van der Waals surface area contributed by atoms with Crippen molar-refractivity contribution in [3.05, 3.63) is 0 Å². The average molecular weight is 656 g/mol. The molecule has 0 aromatic carbocycles. The molecule has 1 amide bonds.